The van der Waals surface area contributed by atoms with Crippen LogP contribution in [0.25, 0.3) is 0 Å². The summed E-state index contributed by atoms with van der Waals surface area (Å²) in [5.74, 6) is 0.491. The van der Waals surface area contributed by atoms with Gasteiger partial charge in [0.1, 0.15) is 5.82 Å². The number of carbonyl (C=O) groups excluding carboxylic acids is 2. The topological polar surface area (TPSA) is 109 Å². The van der Waals surface area contributed by atoms with Gasteiger partial charge in [-0.1, -0.05) is 0 Å². The van der Waals surface area contributed by atoms with Crippen molar-refractivity contribution in [3.63, 3.8) is 0 Å². The molecule has 0 atom stereocenters. The summed E-state index contributed by atoms with van der Waals surface area (Å²) in [7, 11) is 0. The van der Waals surface area contributed by atoms with Crippen LogP contribution in [0.5, 0.6) is 0 Å². The van der Waals surface area contributed by atoms with Crippen LogP contribution in [-0.2, 0) is 9.59 Å². The maximum Gasteiger partial charge on any atom is 0.225 e. The molecule has 0 aromatic carbocycles. The predicted molar refractivity (Wildman–Crippen MR) is 73.7 cm³/mol. The number of nitrogens with zero attached hydrogens (tertiary/aromatic N) is 1. The van der Waals surface area contributed by atoms with Gasteiger partial charge in [0, 0.05) is 33.0 Å². The van der Waals surface area contributed by atoms with Crippen molar-refractivity contribution < 1.29 is 9.59 Å². The highest BCUT2D eigenvalue weighted by molar-refractivity contribution is 5.90. The molecule has 19 heavy (non-hydrogen) atoms. The minimum Gasteiger partial charge on any atom is -0.368 e. The van der Waals surface area contributed by atoms with E-state index in [2.05, 4.69) is 20.9 Å². The molecule has 0 aliphatic carbocycles. The number of hydrogen-bond donors (Lipinski definition) is 4. The van der Waals surface area contributed by atoms with E-state index in [-0.39, 0.29) is 18.2 Å². The van der Waals surface area contributed by atoms with Gasteiger partial charge in [0.15, 0.2) is 0 Å². The Morgan fingerprint density at radius 3 is 2.68 bits per heavy atom. The Kier molecular flexibility index (Phi) is 6.31. The summed E-state index contributed by atoms with van der Waals surface area (Å²) in [5, 5.41) is 8.40. The third kappa shape index (κ3) is 6.37. The van der Waals surface area contributed by atoms with Crippen LogP contribution in [0.15, 0.2) is 18.3 Å². The molecule has 0 saturated carbocycles. The minimum absolute atomic E-state index is 0.0623. The highest BCUT2D eigenvalue weighted by Gasteiger charge is 2.01. The van der Waals surface area contributed by atoms with Crippen LogP contribution in [0.1, 0.15) is 13.3 Å². The van der Waals surface area contributed by atoms with Crippen molar-refractivity contribution in [2.45, 2.75) is 13.3 Å². The van der Waals surface area contributed by atoms with E-state index in [9.17, 15) is 9.59 Å². The highest BCUT2D eigenvalue weighted by Crippen LogP contribution is 2.09. The Hall–Kier alpha value is -2.15. The Bertz CT molecular complexity index is 419. The number of anilines is 2. The van der Waals surface area contributed by atoms with Crippen LogP contribution in [0.3, 0.4) is 0 Å². The average Bonchev–Trinajstić information content (AvgIpc) is 2.36. The maximum absolute atomic E-state index is 11.3. The zero-order valence-corrected chi connectivity index (χ0v) is 10.9. The van der Waals surface area contributed by atoms with E-state index in [0.29, 0.717) is 31.1 Å². The van der Waals surface area contributed by atoms with Crippen LogP contribution in [-0.4, -0.2) is 36.4 Å². The number of nitrogens with one attached hydrogen (secondary N) is 3. The fourth-order valence-corrected chi connectivity index (χ4v) is 1.36. The van der Waals surface area contributed by atoms with Gasteiger partial charge in [-0.25, -0.2) is 4.98 Å². The van der Waals surface area contributed by atoms with Crippen LogP contribution in [0.4, 0.5) is 11.5 Å². The van der Waals surface area contributed by atoms with Crippen LogP contribution < -0.4 is 21.7 Å². The summed E-state index contributed by atoms with van der Waals surface area (Å²) in [6, 6.07) is 3.51. The van der Waals surface area contributed by atoms with E-state index in [1.165, 1.54) is 6.92 Å². The second-order valence-corrected chi connectivity index (χ2v) is 3.93. The summed E-state index contributed by atoms with van der Waals surface area (Å²) in [6.45, 7) is 2.91. The van der Waals surface area contributed by atoms with Gasteiger partial charge in [0.2, 0.25) is 11.8 Å². The average molecular weight is 265 g/mol. The fourth-order valence-electron chi connectivity index (χ4n) is 1.36. The van der Waals surface area contributed by atoms with Crippen molar-refractivity contribution in [2.75, 3.05) is 30.3 Å². The first-order valence-corrected chi connectivity index (χ1v) is 6.06. The van der Waals surface area contributed by atoms with Crippen LogP contribution >= 0.6 is 0 Å². The Labute approximate surface area is 112 Å². The molecular formula is C12H19N5O2. The predicted octanol–water partition coefficient (Wildman–Crippen LogP) is -0.0831. The van der Waals surface area contributed by atoms with Gasteiger partial charge in [0.05, 0.1) is 11.9 Å². The van der Waals surface area contributed by atoms with Crippen LogP contribution in [0.2, 0.25) is 0 Å². The molecule has 0 unspecified atom stereocenters. The second-order valence-electron chi connectivity index (χ2n) is 3.93. The van der Waals surface area contributed by atoms with Crippen LogP contribution in [0, 0.1) is 0 Å². The highest BCUT2D eigenvalue weighted by atomic mass is 16.2. The molecule has 0 bridgehead atoms. The lowest BCUT2D eigenvalue weighted by Crippen LogP contribution is -2.26. The van der Waals surface area contributed by atoms with Gasteiger partial charge in [0.25, 0.3) is 0 Å². The Balaban J connectivity index is 2.35. The summed E-state index contributed by atoms with van der Waals surface area (Å²) in [6.07, 6.45) is 1.85. The minimum atomic E-state index is -0.129. The van der Waals surface area contributed by atoms with E-state index in [1.54, 1.807) is 18.3 Å². The largest absolute Gasteiger partial charge is 0.368 e. The van der Waals surface area contributed by atoms with E-state index < -0.39 is 0 Å². The second kappa shape index (κ2) is 8.04. The van der Waals surface area contributed by atoms with E-state index in [1.807, 2.05) is 0 Å². The van der Waals surface area contributed by atoms with Gasteiger partial charge in [-0.05, 0) is 12.1 Å². The molecule has 0 radical (unpaired) electrons. The lowest BCUT2D eigenvalue weighted by molar-refractivity contribution is -0.119. The molecule has 104 valence electrons. The fraction of sp³-hybridized carbons (Fsp3) is 0.417. The number of aromatic nitrogens is 1. The summed E-state index contributed by atoms with van der Waals surface area (Å²) >= 11 is 0. The third-order valence-electron chi connectivity index (χ3n) is 2.22. The SMILES string of the molecule is CC(=O)NCCNc1ccc(NC(=O)CCN)cn1. The monoisotopic (exact) mass is 265 g/mol. The van der Waals surface area contributed by atoms with Crippen molar-refractivity contribution in [1.29, 1.82) is 0 Å². The van der Waals surface area contributed by atoms with E-state index in [0.717, 1.165) is 0 Å². The quantitative estimate of drug-likeness (QED) is 0.515. The number of amides is 2. The van der Waals surface area contributed by atoms with Gasteiger partial charge >= 0.3 is 0 Å². The molecule has 7 heteroatoms. The standard InChI is InChI=1S/C12H19N5O2/c1-9(18)14-6-7-15-11-3-2-10(8-16-11)17-12(19)4-5-13/h2-3,8H,4-7,13H2,1H3,(H,14,18)(H,15,16)(H,17,19). The van der Waals surface area contributed by atoms with Crippen molar-refractivity contribution >= 4 is 23.3 Å². The summed E-state index contributed by atoms with van der Waals surface area (Å²) in [4.78, 5) is 26.1. The number of nitrogens with two attached hydrogens (primary N) is 1. The smallest absolute Gasteiger partial charge is 0.225 e. The normalized spacial score (nSPS) is 9.79. The lowest BCUT2D eigenvalue weighted by Gasteiger charge is -2.07. The molecule has 2 amide bonds. The first kappa shape index (κ1) is 14.9. The first-order chi connectivity index (χ1) is 9.11. The molecule has 1 aromatic rings. The van der Waals surface area contributed by atoms with E-state index >= 15 is 0 Å². The van der Waals surface area contributed by atoms with Gasteiger partial charge in [-0.2, -0.15) is 0 Å². The summed E-state index contributed by atoms with van der Waals surface area (Å²) < 4.78 is 0. The van der Waals surface area contributed by atoms with Gasteiger partial charge in [-0.3, -0.25) is 9.59 Å². The number of hydrogen-bond acceptors (Lipinski definition) is 5. The van der Waals surface area contributed by atoms with Crippen molar-refractivity contribution in [2.24, 2.45) is 5.73 Å². The molecule has 7 nitrogen and oxygen atoms in total. The first-order valence-electron chi connectivity index (χ1n) is 6.06. The number of rotatable bonds is 7. The Morgan fingerprint density at radius 2 is 2.11 bits per heavy atom. The molecule has 0 saturated heterocycles. The third-order valence-corrected chi connectivity index (χ3v) is 2.22. The maximum atomic E-state index is 11.3. The molecule has 1 aromatic heterocycles. The Morgan fingerprint density at radius 1 is 1.32 bits per heavy atom. The van der Waals surface area contributed by atoms with Crippen molar-refractivity contribution in [1.82, 2.24) is 10.3 Å². The van der Waals surface area contributed by atoms with Crippen molar-refractivity contribution in [3.05, 3.63) is 18.3 Å². The van der Waals surface area contributed by atoms with Gasteiger partial charge in [-0.15, -0.1) is 0 Å². The molecule has 0 aliphatic heterocycles. The molecule has 1 rings (SSSR count). The lowest BCUT2D eigenvalue weighted by atomic mass is 10.3. The molecule has 0 fully saturated rings. The molecule has 0 spiro atoms. The molecule has 1 heterocycles. The number of carbonyl (C=O) groups is 2. The zero-order valence-electron chi connectivity index (χ0n) is 10.9. The zero-order chi connectivity index (χ0) is 14.1. The molecular weight excluding hydrogens is 246 g/mol. The number of pyridine rings is 1. The van der Waals surface area contributed by atoms with Gasteiger partial charge < -0.3 is 21.7 Å². The van der Waals surface area contributed by atoms with Crippen molar-refractivity contribution in [3.8, 4) is 0 Å². The summed E-state index contributed by atoms with van der Waals surface area (Å²) in [5.41, 5.74) is 5.91. The molecule has 0 aliphatic rings. The molecule has 5 N–H and O–H groups in total. The van der Waals surface area contributed by atoms with E-state index in [4.69, 9.17) is 5.73 Å².